The van der Waals surface area contributed by atoms with Gasteiger partial charge in [-0.25, -0.2) is 9.59 Å². The fourth-order valence-corrected chi connectivity index (χ4v) is 3.00. The second kappa shape index (κ2) is 9.73. The predicted octanol–water partition coefficient (Wildman–Crippen LogP) is 5.75. The van der Waals surface area contributed by atoms with Gasteiger partial charge in [0.2, 0.25) is 11.5 Å². The zero-order valence-electron chi connectivity index (χ0n) is 16.6. The molecule has 150 valence electrons. The van der Waals surface area contributed by atoms with Crippen LogP contribution in [0.4, 0.5) is 0 Å². The van der Waals surface area contributed by atoms with Crippen LogP contribution >= 0.6 is 0 Å². The third-order valence-electron chi connectivity index (χ3n) is 4.28. The number of esters is 2. The normalized spacial score (nSPS) is 10.6. The standard InChI is InChI=1S/C24H24O5/c1-3-15-27-23(25)21-19(17-11-7-5-8-12-17)20(18-13-9-6-10-14-18)22(29-21)24(26)28-16-4-2/h5-14H,3-4,15-16H2,1-2H3. The van der Waals surface area contributed by atoms with Gasteiger partial charge in [0, 0.05) is 11.1 Å². The Morgan fingerprint density at radius 2 is 1.07 bits per heavy atom. The fourth-order valence-electron chi connectivity index (χ4n) is 3.00. The van der Waals surface area contributed by atoms with Crippen molar-refractivity contribution >= 4 is 11.9 Å². The molecule has 0 unspecified atom stereocenters. The second-order valence-electron chi connectivity index (χ2n) is 6.51. The van der Waals surface area contributed by atoms with E-state index in [4.69, 9.17) is 13.9 Å². The van der Waals surface area contributed by atoms with Crippen LogP contribution in [0, 0.1) is 0 Å². The van der Waals surface area contributed by atoms with Crippen molar-refractivity contribution in [3.05, 3.63) is 72.2 Å². The molecule has 0 aliphatic carbocycles. The first-order valence-electron chi connectivity index (χ1n) is 9.79. The maximum atomic E-state index is 12.8. The van der Waals surface area contributed by atoms with Gasteiger partial charge >= 0.3 is 11.9 Å². The van der Waals surface area contributed by atoms with E-state index < -0.39 is 11.9 Å². The summed E-state index contributed by atoms with van der Waals surface area (Å²) in [4.78, 5) is 25.5. The largest absolute Gasteiger partial charge is 0.460 e. The maximum absolute atomic E-state index is 12.8. The Labute approximate surface area is 170 Å². The van der Waals surface area contributed by atoms with Crippen LogP contribution < -0.4 is 0 Å². The van der Waals surface area contributed by atoms with E-state index >= 15 is 0 Å². The minimum atomic E-state index is -0.600. The first-order valence-corrected chi connectivity index (χ1v) is 9.79. The molecule has 0 amide bonds. The summed E-state index contributed by atoms with van der Waals surface area (Å²) >= 11 is 0. The number of benzene rings is 2. The van der Waals surface area contributed by atoms with Crippen molar-refractivity contribution < 1.29 is 23.5 Å². The Hall–Kier alpha value is -3.34. The summed E-state index contributed by atoms with van der Waals surface area (Å²) in [6.45, 7) is 4.36. The number of carbonyl (C=O) groups excluding carboxylic acids is 2. The zero-order chi connectivity index (χ0) is 20.6. The monoisotopic (exact) mass is 392 g/mol. The number of hydrogen-bond acceptors (Lipinski definition) is 5. The average Bonchev–Trinajstić information content (AvgIpc) is 3.18. The minimum Gasteiger partial charge on any atom is -0.460 e. The van der Waals surface area contributed by atoms with Crippen molar-refractivity contribution in [2.45, 2.75) is 26.7 Å². The molecule has 0 saturated carbocycles. The van der Waals surface area contributed by atoms with Crippen LogP contribution in [-0.2, 0) is 9.47 Å². The summed E-state index contributed by atoms with van der Waals surface area (Å²) in [5, 5.41) is 0. The van der Waals surface area contributed by atoms with Crippen molar-refractivity contribution in [1.82, 2.24) is 0 Å². The van der Waals surface area contributed by atoms with Crippen LogP contribution in [0.3, 0.4) is 0 Å². The summed E-state index contributed by atoms with van der Waals surface area (Å²) in [7, 11) is 0. The topological polar surface area (TPSA) is 65.7 Å². The Bertz CT molecular complexity index is 880. The summed E-state index contributed by atoms with van der Waals surface area (Å²) in [6.07, 6.45) is 1.37. The van der Waals surface area contributed by atoms with E-state index in [0.717, 1.165) is 11.1 Å². The highest BCUT2D eigenvalue weighted by Gasteiger charge is 2.31. The quantitative estimate of drug-likeness (QED) is 0.457. The average molecular weight is 392 g/mol. The zero-order valence-corrected chi connectivity index (χ0v) is 16.6. The van der Waals surface area contributed by atoms with Crippen LogP contribution in [-0.4, -0.2) is 25.2 Å². The van der Waals surface area contributed by atoms with Crippen LogP contribution in [0.15, 0.2) is 65.1 Å². The van der Waals surface area contributed by atoms with Crippen LogP contribution in [0.2, 0.25) is 0 Å². The summed E-state index contributed by atoms with van der Waals surface area (Å²) < 4.78 is 16.5. The summed E-state index contributed by atoms with van der Waals surface area (Å²) in [6, 6.07) is 18.7. The molecular formula is C24H24O5. The predicted molar refractivity (Wildman–Crippen MR) is 111 cm³/mol. The molecule has 5 heteroatoms. The minimum absolute atomic E-state index is 0.00644. The molecule has 0 atom stereocenters. The molecule has 0 aliphatic rings. The van der Waals surface area contributed by atoms with Gasteiger partial charge in [0.15, 0.2) is 0 Å². The van der Waals surface area contributed by atoms with E-state index in [1.165, 1.54) is 0 Å². The van der Waals surface area contributed by atoms with E-state index in [0.29, 0.717) is 24.0 Å². The van der Waals surface area contributed by atoms with Crippen molar-refractivity contribution in [2.24, 2.45) is 0 Å². The van der Waals surface area contributed by atoms with Gasteiger partial charge in [-0.2, -0.15) is 0 Å². The van der Waals surface area contributed by atoms with E-state index in [-0.39, 0.29) is 24.7 Å². The lowest BCUT2D eigenvalue weighted by Crippen LogP contribution is -2.07. The Kier molecular flexibility index (Phi) is 6.85. The molecule has 0 N–H and O–H groups in total. The Balaban J connectivity index is 2.24. The van der Waals surface area contributed by atoms with E-state index in [1.54, 1.807) is 0 Å². The van der Waals surface area contributed by atoms with Crippen molar-refractivity contribution in [3.8, 4) is 22.3 Å². The number of hydrogen-bond donors (Lipinski definition) is 0. The molecule has 0 radical (unpaired) electrons. The Morgan fingerprint density at radius 1 is 0.690 bits per heavy atom. The SMILES string of the molecule is CCCOC(=O)c1oc(C(=O)OCCC)c(-c2ccccc2)c1-c1ccccc1. The summed E-state index contributed by atoms with van der Waals surface area (Å²) in [5.74, 6) is -1.19. The third-order valence-corrected chi connectivity index (χ3v) is 4.28. The molecule has 0 fully saturated rings. The smallest absolute Gasteiger partial charge is 0.374 e. The number of rotatable bonds is 8. The molecule has 29 heavy (non-hydrogen) atoms. The molecule has 0 saturated heterocycles. The highest BCUT2D eigenvalue weighted by Crippen LogP contribution is 2.40. The molecule has 3 aromatic rings. The van der Waals surface area contributed by atoms with Gasteiger partial charge in [-0.1, -0.05) is 74.5 Å². The molecule has 5 nitrogen and oxygen atoms in total. The van der Waals surface area contributed by atoms with E-state index in [9.17, 15) is 9.59 Å². The van der Waals surface area contributed by atoms with Gasteiger partial charge in [-0.3, -0.25) is 0 Å². The number of carbonyl (C=O) groups is 2. The lowest BCUT2D eigenvalue weighted by atomic mass is 9.94. The van der Waals surface area contributed by atoms with Crippen molar-refractivity contribution in [1.29, 1.82) is 0 Å². The first kappa shape index (κ1) is 20.4. The molecule has 3 rings (SSSR count). The molecule has 1 aromatic heterocycles. The Morgan fingerprint density at radius 3 is 1.41 bits per heavy atom. The molecule has 2 aromatic carbocycles. The fraction of sp³-hybridized carbons (Fsp3) is 0.250. The molecule has 0 bridgehead atoms. The van der Waals surface area contributed by atoms with Gasteiger partial charge < -0.3 is 13.9 Å². The first-order chi connectivity index (χ1) is 14.2. The van der Waals surface area contributed by atoms with Crippen molar-refractivity contribution in [3.63, 3.8) is 0 Å². The summed E-state index contributed by atoms with van der Waals surface area (Å²) in [5.41, 5.74) is 2.57. The van der Waals surface area contributed by atoms with Gasteiger partial charge in [-0.05, 0) is 24.0 Å². The third kappa shape index (κ3) is 4.57. The van der Waals surface area contributed by atoms with Gasteiger partial charge in [0.05, 0.1) is 13.2 Å². The molecular weight excluding hydrogens is 368 g/mol. The highest BCUT2D eigenvalue weighted by molar-refractivity contribution is 6.07. The highest BCUT2D eigenvalue weighted by atomic mass is 16.6. The number of ether oxygens (including phenoxy) is 2. The van der Waals surface area contributed by atoms with E-state index in [2.05, 4.69) is 0 Å². The van der Waals surface area contributed by atoms with Crippen molar-refractivity contribution in [2.75, 3.05) is 13.2 Å². The molecule has 0 spiro atoms. The van der Waals surface area contributed by atoms with Crippen LogP contribution in [0.25, 0.3) is 22.3 Å². The van der Waals surface area contributed by atoms with Gasteiger partial charge in [0.25, 0.3) is 0 Å². The van der Waals surface area contributed by atoms with Gasteiger partial charge in [0.1, 0.15) is 0 Å². The lowest BCUT2D eigenvalue weighted by molar-refractivity contribution is 0.0435. The van der Waals surface area contributed by atoms with Crippen LogP contribution in [0.1, 0.15) is 47.8 Å². The second-order valence-corrected chi connectivity index (χ2v) is 6.51. The maximum Gasteiger partial charge on any atom is 0.374 e. The molecule has 0 aliphatic heterocycles. The van der Waals surface area contributed by atoms with Gasteiger partial charge in [-0.15, -0.1) is 0 Å². The lowest BCUT2D eigenvalue weighted by Gasteiger charge is -2.08. The molecule has 1 heterocycles. The van der Waals surface area contributed by atoms with E-state index in [1.807, 2.05) is 74.5 Å². The van der Waals surface area contributed by atoms with Crippen LogP contribution in [0.5, 0.6) is 0 Å². The number of furan rings is 1.